The first kappa shape index (κ1) is 13.6. The normalized spacial score (nSPS) is 12.2. The maximum atomic E-state index is 13.4. The maximum Gasteiger partial charge on any atom is 0.166 e. The summed E-state index contributed by atoms with van der Waals surface area (Å²) in [5.41, 5.74) is 1.82. The molecule has 0 aliphatic carbocycles. The molecule has 2 aromatic rings. The number of rotatable bonds is 3. The van der Waals surface area contributed by atoms with Crippen LogP contribution in [-0.4, -0.2) is 9.78 Å². The molecule has 3 nitrogen and oxygen atoms in total. The van der Waals surface area contributed by atoms with Crippen molar-refractivity contribution in [3.63, 3.8) is 0 Å². The van der Waals surface area contributed by atoms with E-state index in [2.05, 4.69) is 11.2 Å². The first-order valence-electron chi connectivity index (χ1n) is 5.95. The molecule has 2 rings (SSSR count). The topological polar surface area (TPSA) is 41.6 Å². The van der Waals surface area contributed by atoms with Crippen molar-refractivity contribution in [1.29, 1.82) is 5.26 Å². The predicted octanol–water partition coefficient (Wildman–Crippen LogP) is 3.63. The molecule has 19 heavy (non-hydrogen) atoms. The summed E-state index contributed by atoms with van der Waals surface area (Å²) in [5, 5.41) is 13.7. The van der Waals surface area contributed by atoms with Crippen LogP contribution in [0.3, 0.4) is 0 Å². The molecule has 1 aromatic carbocycles. The van der Waals surface area contributed by atoms with Crippen molar-refractivity contribution in [1.82, 2.24) is 9.78 Å². The van der Waals surface area contributed by atoms with Crippen molar-refractivity contribution < 1.29 is 4.39 Å². The Hall–Kier alpha value is -1.86. The van der Waals surface area contributed by atoms with Gasteiger partial charge >= 0.3 is 0 Å². The molecular weight excluding hydrogens is 265 g/mol. The smallest absolute Gasteiger partial charge is 0.166 e. The summed E-state index contributed by atoms with van der Waals surface area (Å²) in [6.45, 7) is 1.97. The third kappa shape index (κ3) is 2.61. The minimum atomic E-state index is -0.333. The molecule has 0 N–H and O–H groups in total. The molecule has 0 spiro atoms. The Bertz CT molecular complexity index is 641. The van der Waals surface area contributed by atoms with Gasteiger partial charge in [-0.1, -0.05) is 18.5 Å². The second-order valence-corrected chi connectivity index (χ2v) is 4.75. The van der Waals surface area contributed by atoms with Gasteiger partial charge in [-0.3, -0.25) is 4.68 Å². The lowest BCUT2D eigenvalue weighted by molar-refractivity contribution is 0.622. The molecule has 0 saturated carbocycles. The number of benzene rings is 1. The van der Waals surface area contributed by atoms with Gasteiger partial charge in [0.15, 0.2) is 5.69 Å². The van der Waals surface area contributed by atoms with E-state index in [1.165, 1.54) is 18.2 Å². The zero-order valence-corrected chi connectivity index (χ0v) is 11.4. The van der Waals surface area contributed by atoms with Crippen LogP contribution < -0.4 is 0 Å². The van der Waals surface area contributed by atoms with Crippen molar-refractivity contribution in [2.75, 3.05) is 0 Å². The molecule has 0 aliphatic heterocycles. The SMILES string of the molecule is CC[C@H](c1cc(F)ccc1Cl)c1cn(C)nc1C#N. The molecule has 0 amide bonds. The highest BCUT2D eigenvalue weighted by Gasteiger charge is 2.21. The third-order valence-corrected chi connectivity index (χ3v) is 3.42. The number of aryl methyl sites for hydroxylation is 1. The van der Waals surface area contributed by atoms with Gasteiger partial charge in [0.1, 0.15) is 11.9 Å². The fourth-order valence-corrected chi connectivity index (χ4v) is 2.49. The molecule has 98 valence electrons. The minimum Gasteiger partial charge on any atom is -0.274 e. The van der Waals surface area contributed by atoms with E-state index in [9.17, 15) is 4.39 Å². The average molecular weight is 278 g/mol. The van der Waals surface area contributed by atoms with Crippen LogP contribution in [0.4, 0.5) is 4.39 Å². The van der Waals surface area contributed by atoms with Crippen molar-refractivity contribution in [2.24, 2.45) is 7.05 Å². The average Bonchev–Trinajstić information content (AvgIpc) is 2.76. The number of nitrogens with zero attached hydrogens (tertiary/aromatic N) is 3. The van der Waals surface area contributed by atoms with Crippen molar-refractivity contribution >= 4 is 11.6 Å². The van der Waals surface area contributed by atoms with E-state index in [1.807, 2.05) is 6.92 Å². The number of halogens is 2. The molecule has 0 bridgehead atoms. The van der Waals surface area contributed by atoms with Crippen LogP contribution in [0, 0.1) is 17.1 Å². The van der Waals surface area contributed by atoms with Gasteiger partial charge in [-0.2, -0.15) is 10.4 Å². The summed E-state index contributed by atoms with van der Waals surface area (Å²) >= 11 is 6.15. The zero-order valence-electron chi connectivity index (χ0n) is 10.7. The molecule has 0 unspecified atom stereocenters. The molecule has 1 atom stereocenters. The van der Waals surface area contributed by atoms with Crippen LogP contribution in [0.15, 0.2) is 24.4 Å². The number of aromatic nitrogens is 2. The standard InChI is InChI=1S/C14H13ClFN3/c1-3-10(11-6-9(16)4-5-13(11)15)12-8-19(2)18-14(12)7-17/h4-6,8,10H,3H2,1-2H3/t10-/m1/s1. The van der Waals surface area contributed by atoms with E-state index in [0.29, 0.717) is 22.7 Å². The molecule has 0 saturated heterocycles. The summed E-state index contributed by atoms with van der Waals surface area (Å²) in [4.78, 5) is 0. The second-order valence-electron chi connectivity index (χ2n) is 4.35. The van der Waals surface area contributed by atoms with Gasteiger partial charge in [-0.05, 0) is 30.2 Å². The Balaban J connectivity index is 2.56. The van der Waals surface area contributed by atoms with Crippen LogP contribution >= 0.6 is 11.6 Å². The van der Waals surface area contributed by atoms with E-state index in [4.69, 9.17) is 16.9 Å². The van der Waals surface area contributed by atoms with Gasteiger partial charge in [0.25, 0.3) is 0 Å². The Morgan fingerprint density at radius 2 is 2.21 bits per heavy atom. The van der Waals surface area contributed by atoms with Crippen LogP contribution in [0.1, 0.15) is 36.1 Å². The Kier molecular flexibility index (Phi) is 3.87. The van der Waals surface area contributed by atoms with Crippen LogP contribution in [0.25, 0.3) is 0 Å². The van der Waals surface area contributed by atoms with Crippen molar-refractivity contribution in [3.05, 3.63) is 52.1 Å². The second kappa shape index (κ2) is 5.41. The lowest BCUT2D eigenvalue weighted by Crippen LogP contribution is -2.02. The first-order chi connectivity index (χ1) is 9.06. The largest absolute Gasteiger partial charge is 0.274 e. The Morgan fingerprint density at radius 3 is 2.84 bits per heavy atom. The van der Waals surface area contributed by atoms with Crippen LogP contribution in [0.2, 0.25) is 5.02 Å². The Morgan fingerprint density at radius 1 is 1.47 bits per heavy atom. The summed E-state index contributed by atoms with van der Waals surface area (Å²) < 4.78 is 15.0. The van der Waals surface area contributed by atoms with Gasteiger partial charge in [0.05, 0.1) is 0 Å². The Labute approximate surface area is 116 Å². The minimum absolute atomic E-state index is 0.133. The van der Waals surface area contributed by atoms with Crippen LogP contribution in [0.5, 0.6) is 0 Å². The number of hydrogen-bond acceptors (Lipinski definition) is 2. The van der Waals surface area contributed by atoms with Crippen molar-refractivity contribution in [3.8, 4) is 6.07 Å². The third-order valence-electron chi connectivity index (χ3n) is 3.08. The monoisotopic (exact) mass is 277 g/mol. The number of nitriles is 1. The highest BCUT2D eigenvalue weighted by molar-refractivity contribution is 6.31. The zero-order chi connectivity index (χ0) is 14.0. The van der Waals surface area contributed by atoms with E-state index in [-0.39, 0.29) is 11.7 Å². The summed E-state index contributed by atoms with van der Waals surface area (Å²) in [6.07, 6.45) is 2.50. The molecule has 1 aromatic heterocycles. The van der Waals surface area contributed by atoms with E-state index in [0.717, 1.165) is 5.56 Å². The first-order valence-corrected chi connectivity index (χ1v) is 6.33. The molecular formula is C14H13ClFN3. The maximum absolute atomic E-state index is 13.4. The summed E-state index contributed by atoms with van der Waals surface area (Å²) in [6, 6.07) is 6.35. The van der Waals surface area contributed by atoms with Crippen molar-refractivity contribution in [2.45, 2.75) is 19.3 Å². The molecule has 0 radical (unpaired) electrons. The van der Waals surface area contributed by atoms with Crippen LogP contribution in [-0.2, 0) is 7.05 Å². The van der Waals surface area contributed by atoms with E-state index >= 15 is 0 Å². The fraction of sp³-hybridized carbons (Fsp3) is 0.286. The molecule has 5 heteroatoms. The van der Waals surface area contributed by atoms with Gasteiger partial charge in [0.2, 0.25) is 0 Å². The highest BCUT2D eigenvalue weighted by atomic mass is 35.5. The molecule has 1 heterocycles. The van der Waals surface area contributed by atoms with E-state index in [1.54, 1.807) is 17.9 Å². The summed E-state index contributed by atoms with van der Waals surface area (Å²) in [7, 11) is 1.75. The predicted molar refractivity (Wildman–Crippen MR) is 71.5 cm³/mol. The molecule has 0 fully saturated rings. The lowest BCUT2D eigenvalue weighted by atomic mass is 9.89. The van der Waals surface area contributed by atoms with Gasteiger partial charge < -0.3 is 0 Å². The van der Waals surface area contributed by atoms with Gasteiger partial charge in [-0.15, -0.1) is 0 Å². The highest BCUT2D eigenvalue weighted by Crippen LogP contribution is 2.34. The van der Waals surface area contributed by atoms with E-state index < -0.39 is 0 Å². The summed E-state index contributed by atoms with van der Waals surface area (Å²) in [5.74, 6) is -0.466. The van der Waals surface area contributed by atoms with Gasteiger partial charge in [-0.25, -0.2) is 4.39 Å². The number of hydrogen-bond donors (Lipinski definition) is 0. The molecule has 0 aliphatic rings. The lowest BCUT2D eigenvalue weighted by Gasteiger charge is -2.15. The fourth-order valence-electron chi connectivity index (χ4n) is 2.24. The quantitative estimate of drug-likeness (QED) is 0.860. The van der Waals surface area contributed by atoms with Gasteiger partial charge in [0, 0.05) is 29.7 Å².